The summed E-state index contributed by atoms with van der Waals surface area (Å²) in [6.45, 7) is 3.91. The van der Waals surface area contributed by atoms with Crippen LogP contribution in [0.3, 0.4) is 0 Å². The van der Waals surface area contributed by atoms with E-state index in [1.807, 2.05) is 44.2 Å². The van der Waals surface area contributed by atoms with Gasteiger partial charge in [-0.05, 0) is 31.4 Å². The minimum Gasteiger partial charge on any atom is -0.507 e. The molecule has 0 unspecified atom stereocenters. The third-order valence-electron chi connectivity index (χ3n) is 3.25. The van der Waals surface area contributed by atoms with Crippen molar-refractivity contribution in [2.75, 3.05) is 0 Å². The fraction of sp³-hybridized carbons (Fsp3) is 0.125. The lowest BCUT2D eigenvalue weighted by Crippen LogP contribution is -1.92. The Bertz CT molecular complexity index is 787. The molecule has 1 heterocycles. The lowest BCUT2D eigenvalue weighted by atomic mass is 10.1. The second kappa shape index (κ2) is 5.13. The highest BCUT2D eigenvalue weighted by molar-refractivity contribution is 7.99. The van der Waals surface area contributed by atoms with Crippen LogP contribution >= 0.6 is 11.8 Å². The van der Waals surface area contributed by atoms with E-state index >= 15 is 0 Å². The Morgan fingerprint density at radius 3 is 2.45 bits per heavy atom. The Kier molecular flexibility index (Phi) is 3.32. The van der Waals surface area contributed by atoms with Gasteiger partial charge >= 0.3 is 0 Å². The zero-order valence-electron chi connectivity index (χ0n) is 11.3. The SMILES string of the molecule is Cc1ncc(Sc2ccc(O)c3ccccc23)nc1C. The van der Waals surface area contributed by atoms with E-state index in [2.05, 4.69) is 9.97 Å². The maximum Gasteiger partial charge on any atom is 0.123 e. The molecule has 0 aliphatic rings. The van der Waals surface area contributed by atoms with Crippen molar-refractivity contribution in [3.8, 4) is 5.75 Å². The van der Waals surface area contributed by atoms with E-state index in [9.17, 15) is 5.11 Å². The largest absolute Gasteiger partial charge is 0.507 e. The number of aromatic nitrogens is 2. The average Bonchev–Trinajstić information content (AvgIpc) is 2.46. The van der Waals surface area contributed by atoms with Gasteiger partial charge < -0.3 is 5.11 Å². The fourth-order valence-corrected chi connectivity index (χ4v) is 2.96. The molecule has 1 aromatic heterocycles. The van der Waals surface area contributed by atoms with Gasteiger partial charge in [-0.3, -0.25) is 4.98 Å². The van der Waals surface area contributed by atoms with Crippen molar-refractivity contribution in [1.82, 2.24) is 9.97 Å². The average molecular weight is 282 g/mol. The molecule has 2 aromatic carbocycles. The van der Waals surface area contributed by atoms with E-state index in [1.54, 1.807) is 24.0 Å². The molecule has 0 atom stereocenters. The molecule has 4 heteroatoms. The number of aryl methyl sites for hydroxylation is 2. The van der Waals surface area contributed by atoms with Gasteiger partial charge in [0.1, 0.15) is 10.8 Å². The maximum atomic E-state index is 9.91. The van der Waals surface area contributed by atoms with Gasteiger partial charge in [0.15, 0.2) is 0 Å². The molecule has 0 amide bonds. The number of phenolic OH excluding ortho intramolecular Hbond substituents is 1. The molecule has 0 saturated heterocycles. The van der Waals surface area contributed by atoms with Crippen LogP contribution < -0.4 is 0 Å². The summed E-state index contributed by atoms with van der Waals surface area (Å²) in [6.07, 6.45) is 1.79. The predicted octanol–water partition coefficient (Wildman–Crippen LogP) is 4.10. The minimum atomic E-state index is 0.302. The molecule has 3 aromatic rings. The smallest absolute Gasteiger partial charge is 0.123 e. The van der Waals surface area contributed by atoms with E-state index in [4.69, 9.17) is 0 Å². The fourth-order valence-electron chi connectivity index (χ4n) is 2.03. The van der Waals surface area contributed by atoms with Gasteiger partial charge in [-0.1, -0.05) is 36.0 Å². The number of hydrogen-bond donors (Lipinski definition) is 1. The second-order valence-electron chi connectivity index (χ2n) is 4.61. The highest BCUT2D eigenvalue weighted by atomic mass is 32.2. The van der Waals surface area contributed by atoms with Crippen molar-refractivity contribution in [1.29, 1.82) is 0 Å². The predicted molar refractivity (Wildman–Crippen MR) is 81.2 cm³/mol. The first-order valence-corrected chi connectivity index (χ1v) is 7.15. The van der Waals surface area contributed by atoms with Crippen molar-refractivity contribution in [3.05, 3.63) is 54.0 Å². The number of aromatic hydroxyl groups is 1. The molecule has 1 N–H and O–H groups in total. The Hall–Kier alpha value is -2.07. The van der Waals surface area contributed by atoms with Crippen molar-refractivity contribution < 1.29 is 5.11 Å². The van der Waals surface area contributed by atoms with Crippen LogP contribution in [0.5, 0.6) is 5.75 Å². The quantitative estimate of drug-likeness (QED) is 0.768. The Labute approximate surface area is 121 Å². The summed E-state index contributed by atoms with van der Waals surface area (Å²) >= 11 is 1.56. The van der Waals surface area contributed by atoms with Gasteiger partial charge in [-0.15, -0.1) is 0 Å². The molecule has 0 radical (unpaired) electrons. The third kappa shape index (κ3) is 2.34. The summed E-state index contributed by atoms with van der Waals surface area (Å²) in [6, 6.07) is 11.5. The second-order valence-corrected chi connectivity index (χ2v) is 5.67. The summed E-state index contributed by atoms with van der Waals surface area (Å²) in [5.74, 6) is 0.302. The van der Waals surface area contributed by atoms with Crippen LogP contribution in [-0.4, -0.2) is 15.1 Å². The van der Waals surface area contributed by atoms with Crippen molar-refractivity contribution in [2.24, 2.45) is 0 Å². The summed E-state index contributed by atoms with van der Waals surface area (Å²) in [5.41, 5.74) is 1.89. The lowest BCUT2D eigenvalue weighted by molar-refractivity contribution is 0.481. The maximum absolute atomic E-state index is 9.91. The number of phenols is 1. The molecule has 0 saturated carbocycles. The first kappa shape index (κ1) is 12.9. The van der Waals surface area contributed by atoms with Crippen molar-refractivity contribution in [3.63, 3.8) is 0 Å². The number of nitrogens with zero attached hydrogens (tertiary/aromatic N) is 2. The van der Waals surface area contributed by atoms with Gasteiger partial charge in [0.2, 0.25) is 0 Å². The number of benzene rings is 2. The molecule has 0 bridgehead atoms. The number of hydrogen-bond acceptors (Lipinski definition) is 4. The molecule has 0 aliphatic carbocycles. The molecule has 3 nitrogen and oxygen atoms in total. The number of fused-ring (bicyclic) bond motifs is 1. The summed E-state index contributed by atoms with van der Waals surface area (Å²) in [4.78, 5) is 9.94. The Morgan fingerprint density at radius 2 is 1.70 bits per heavy atom. The highest BCUT2D eigenvalue weighted by Gasteiger charge is 2.08. The monoisotopic (exact) mass is 282 g/mol. The van der Waals surface area contributed by atoms with Crippen LogP contribution in [0.4, 0.5) is 0 Å². The van der Waals surface area contributed by atoms with Crippen LogP contribution in [0.2, 0.25) is 0 Å². The molecule has 3 rings (SSSR count). The molecule has 20 heavy (non-hydrogen) atoms. The molecule has 0 spiro atoms. The standard InChI is InChI=1S/C16H14N2OS/c1-10-11(2)18-16(9-17-10)20-15-8-7-14(19)12-5-3-4-6-13(12)15/h3-9,19H,1-2H3. The molecule has 100 valence electrons. The van der Waals surface area contributed by atoms with Gasteiger partial charge in [-0.25, -0.2) is 4.98 Å². The Morgan fingerprint density at radius 1 is 0.950 bits per heavy atom. The van der Waals surface area contributed by atoms with Gasteiger partial charge in [-0.2, -0.15) is 0 Å². The van der Waals surface area contributed by atoms with Gasteiger partial charge in [0.25, 0.3) is 0 Å². The van der Waals surface area contributed by atoms with E-state index < -0.39 is 0 Å². The molecular formula is C16H14N2OS. The van der Waals surface area contributed by atoms with Gasteiger partial charge in [0, 0.05) is 10.3 Å². The van der Waals surface area contributed by atoms with Crippen LogP contribution in [0.1, 0.15) is 11.4 Å². The van der Waals surface area contributed by atoms with Crippen molar-refractivity contribution >= 4 is 22.5 Å². The van der Waals surface area contributed by atoms with Gasteiger partial charge in [0.05, 0.1) is 17.6 Å². The van der Waals surface area contributed by atoms with Crippen LogP contribution in [-0.2, 0) is 0 Å². The number of rotatable bonds is 2. The summed E-state index contributed by atoms with van der Waals surface area (Å²) < 4.78 is 0. The molecular weight excluding hydrogens is 268 g/mol. The summed E-state index contributed by atoms with van der Waals surface area (Å²) in [7, 11) is 0. The van der Waals surface area contributed by atoms with Crippen LogP contribution in [0.25, 0.3) is 10.8 Å². The highest BCUT2D eigenvalue weighted by Crippen LogP contribution is 2.36. The topological polar surface area (TPSA) is 46.0 Å². The van der Waals surface area contributed by atoms with E-state index in [0.717, 1.165) is 32.1 Å². The zero-order chi connectivity index (χ0) is 14.1. The first-order chi connectivity index (χ1) is 9.65. The minimum absolute atomic E-state index is 0.302. The third-order valence-corrected chi connectivity index (χ3v) is 4.23. The molecule has 0 fully saturated rings. The normalized spacial score (nSPS) is 10.9. The molecule has 0 aliphatic heterocycles. The van der Waals surface area contributed by atoms with Crippen molar-refractivity contribution in [2.45, 2.75) is 23.8 Å². The van der Waals surface area contributed by atoms with Crippen LogP contribution in [0, 0.1) is 13.8 Å². The van der Waals surface area contributed by atoms with E-state index in [-0.39, 0.29) is 0 Å². The van der Waals surface area contributed by atoms with E-state index in [0.29, 0.717) is 5.75 Å². The lowest BCUT2D eigenvalue weighted by Gasteiger charge is -2.08. The zero-order valence-corrected chi connectivity index (χ0v) is 12.1. The summed E-state index contributed by atoms with van der Waals surface area (Å²) in [5, 5.41) is 12.7. The van der Waals surface area contributed by atoms with E-state index in [1.165, 1.54) is 0 Å². The van der Waals surface area contributed by atoms with Crippen LogP contribution in [0.15, 0.2) is 52.5 Å². The Balaban J connectivity index is 2.06. The first-order valence-electron chi connectivity index (χ1n) is 6.34.